The first-order valence-electron chi connectivity index (χ1n) is 6.02. The highest BCUT2D eigenvalue weighted by Gasteiger charge is 2.08. The molecule has 90 valence electrons. The molecule has 3 aromatic rings. The first kappa shape index (κ1) is 11.0. The lowest BCUT2D eigenvalue weighted by Gasteiger charge is -2.00. The van der Waals surface area contributed by atoms with Crippen LogP contribution in [0.3, 0.4) is 0 Å². The van der Waals surface area contributed by atoms with E-state index in [1.165, 1.54) is 5.56 Å². The Morgan fingerprint density at radius 1 is 1.11 bits per heavy atom. The second-order valence-corrected chi connectivity index (χ2v) is 4.52. The molecule has 0 atom stereocenters. The Balaban J connectivity index is 2.19. The van der Waals surface area contributed by atoms with Crippen LogP contribution in [0.5, 0.6) is 0 Å². The van der Waals surface area contributed by atoms with Gasteiger partial charge in [0.05, 0.1) is 11.2 Å². The van der Waals surface area contributed by atoms with Crippen LogP contribution in [-0.4, -0.2) is 10.2 Å². The molecule has 1 aromatic heterocycles. The molecule has 3 heteroatoms. The monoisotopic (exact) mass is 237 g/mol. The predicted octanol–water partition coefficient (Wildman–Crippen LogP) is 3.00. The molecule has 0 aliphatic heterocycles. The van der Waals surface area contributed by atoms with Crippen LogP contribution < -0.4 is 5.73 Å². The third-order valence-electron chi connectivity index (χ3n) is 3.19. The third-order valence-corrected chi connectivity index (χ3v) is 3.19. The van der Waals surface area contributed by atoms with Crippen molar-refractivity contribution in [3.05, 3.63) is 53.6 Å². The van der Waals surface area contributed by atoms with E-state index in [4.69, 9.17) is 5.73 Å². The second kappa shape index (κ2) is 4.27. The van der Waals surface area contributed by atoms with Crippen molar-refractivity contribution in [1.82, 2.24) is 10.2 Å². The Bertz CT molecular complexity index is 681. The number of aryl methyl sites for hydroxylation is 1. The topological polar surface area (TPSA) is 54.7 Å². The Morgan fingerprint density at radius 3 is 2.61 bits per heavy atom. The summed E-state index contributed by atoms with van der Waals surface area (Å²) in [7, 11) is 0. The van der Waals surface area contributed by atoms with Gasteiger partial charge in [-0.1, -0.05) is 35.9 Å². The van der Waals surface area contributed by atoms with Gasteiger partial charge in [-0.2, -0.15) is 5.10 Å². The molecule has 0 bridgehead atoms. The summed E-state index contributed by atoms with van der Waals surface area (Å²) in [5, 5.41) is 8.59. The summed E-state index contributed by atoms with van der Waals surface area (Å²) in [6.07, 6.45) is 0. The molecule has 0 fully saturated rings. The standard InChI is InChI=1S/C15H15N3/c1-10-2-5-12(6-3-10)15-13-8-11(9-16)4-7-14(13)17-18-15/h2-8H,9,16H2,1H3,(H,17,18). The molecular weight excluding hydrogens is 222 g/mol. The fraction of sp³-hybridized carbons (Fsp3) is 0.133. The molecule has 3 N–H and O–H groups in total. The van der Waals surface area contributed by atoms with Crippen molar-refractivity contribution in [2.75, 3.05) is 0 Å². The molecule has 2 aromatic carbocycles. The number of hydrogen-bond donors (Lipinski definition) is 2. The SMILES string of the molecule is Cc1ccc(-c2n[nH]c3ccc(CN)cc23)cc1. The van der Waals surface area contributed by atoms with Crippen molar-refractivity contribution in [3.63, 3.8) is 0 Å². The highest BCUT2D eigenvalue weighted by Crippen LogP contribution is 2.27. The van der Waals surface area contributed by atoms with Gasteiger partial charge in [0.25, 0.3) is 0 Å². The third kappa shape index (κ3) is 1.79. The van der Waals surface area contributed by atoms with Gasteiger partial charge in [0.2, 0.25) is 0 Å². The van der Waals surface area contributed by atoms with Crippen LogP contribution in [0.15, 0.2) is 42.5 Å². The maximum Gasteiger partial charge on any atom is 0.0999 e. The number of nitrogens with zero attached hydrogens (tertiary/aromatic N) is 1. The van der Waals surface area contributed by atoms with E-state index >= 15 is 0 Å². The van der Waals surface area contributed by atoms with Gasteiger partial charge in [0.1, 0.15) is 0 Å². The first-order chi connectivity index (χ1) is 8.78. The summed E-state index contributed by atoms with van der Waals surface area (Å²) in [5.74, 6) is 0. The first-order valence-corrected chi connectivity index (χ1v) is 6.02. The summed E-state index contributed by atoms with van der Waals surface area (Å²) in [5.41, 5.74) is 11.2. The minimum Gasteiger partial charge on any atom is -0.326 e. The largest absolute Gasteiger partial charge is 0.326 e. The van der Waals surface area contributed by atoms with Crippen LogP contribution in [0.4, 0.5) is 0 Å². The second-order valence-electron chi connectivity index (χ2n) is 4.52. The smallest absolute Gasteiger partial charge is 0.0999 e. The van der Waals surface area contributed by atoms with E-state index < -0.39 is 0 Å². The maximum absolute atomic E-state index is 5.69. The van der Waals surface area contributed by atoms with E-state index in [2.05, 4.69) is 47.5 Å². The van der Waals surface area contributed by atoms with Crippen molar-refractivity contribution in [1.29, 1.82) is 0 Å². The van der Waals surface area contributed by atoms with Gasteiger partial charge in [-0.05, 0) is 24.6 Å². The molecule has 0 saturated carbocycles. The van der Waals surface area contributed by atoms with Gasteiger partial charge < -0.3 is 5.73 Å². The Kier molecular flexibility index (Phi) is 2.61. The average molecular weight is 237 g/mol. The molecule has 0 radical (unpaired) electrons. The van der Waals surface area contributed by atoms with E-state index in [0.29, 0.717) is 6.54 Å². The molecule has 0 aliphatic carbocycles. The van der Waals surface area contributed by atoms with Crippen LogP contribution in [0, 0.1) is 6.92 Å². The van der Waals surface area contributed by atoms with E-state index in [1.54, 1.807) is 0 Å². The van der Waals surface area contributed by atoms with E-state index in [1.807, 2.05) is 12.1 Å². The number of fused-ring (bicyclic) bond motifs is 1. The number of H-pyrrole nitrogens is 1. The van der Waals surface area contributed by atoms with Crippen molar-refractivity contribution in [2.24, 2.45) is 5.73 Å². The quantitative estimate of drug-likeness (QED) is 0.720. The van der Waals surface area contributed by atoms with Gasteiger partial charge in [0, 0.05) is 17.5 Å². The van der Waals surface area contributed by atoms with Gasteiger partial charge in [-0.3, -0.25) is 5.10 Å². The van der Waals surface area contributed by atoms with Crippen molar-refractivity contribution in [2.45, 2.75) is 13.5 Å². The van der Waals surface area contributed by atoms with Gasteiger partial charge >= 0.3 is 0 Å². The Labute approximate surface area is 106 Å². The van der Waals surface area contributed by atoms with Gasteiger partial charge in [0.15, 0.2) is 0 Å². The number of aromatic amines is 1. The molecule has 3 rings (SSSR count). The lowest BCUT2D eigenvalue weighted by atomic mass is 10.0. The number of benzene rings is 2. The summed E-state index contributed by atoms with van der Waals surface area (Å²) in [4.78, 5) is 0. The number of rotatable bonds is 2. The molecule has 0 saturated heterocycles. The molecule has 0 unspecified atom stereocenters. The van der Waals surface area contributed by atoms with Crippen LogP contribution in [0.1, 0.15) is 11.1 Å². The summed E-state index contributed by atoms with van der Waals surface area (Å²) < 4.78 is 0. The lowest BCUT2D eigenvalue weighted by molar-refractivity contribution is 1.07. The minimum atomic E-state index is 0.550. The van der Waals surface area contributed by atoms with Crippen molar-refractivity contribution < 1.29 is 0 Å². The van der Waals surface area contributed by atoms with Crippen LogP contribution in [-0.2, 0) is 6.54 Å². The van der Waals surface area contributed by atoms with Gasteiger partial charge in [-0.15, -0.1) is 0 Å². The average Bonchev–Trinajstić information content (AvgIpc) is 2.82. The number of aromatic nitrogens is 2. The Morgan fingerprint density at radius 2 is 1.89 bits per heavy atom. The minimum absolute atomic E-state index is 0.550. The molecule has 0 amide bonds. The molecule has 1 heterocycles. The van der Waals surface area contributed by atoms with Crippen molar-refractivity contribution >= 4 is 10.9 Å². The molecule has 0 aliphatic rings. The van der Waals surface area contributed by atoms with Crippen molar-refractivity contribution in [3.8, 4) is 11.3 Å². The predicted molar refractivity (Wildman–Crippen MR) is 74.2 cm³/mol. The van der Waals surface area contributed by atoms with E-state index in [0.717, 1.165) is 27.7 Å². The molecule has 3 nitrogen and oxygen atoms in total. The maximum atomic E-state index is 5.69. The fourth-order valence-electron chi connectivity index (χ4n) is 2.12. The zero-order valence-corrected chi connectivity index (χ0v) is 10.3. The number of nitrogens with one attached hydrogen (secondary N) is 1. The van der Waals surface area contributed by atoms with Gasteiger partial charge in [-0.25, -0.2) is 0 Å². The molecular formula is C15H15N3. The van der Waals surface area contributed by atoms with Crippen LogP contribution in [0.25, 0.3) is 22.2 Å². The highest BCUT2D eigenvalue weighted by atomic mass is 15.1. The van der Waals surface area contributed by atoms with E-state index in [9.17, 15) is 0 Å². The molecule has 0 spiro atoms. The van der Waals surface area contributed by atoms with E-state index in [-0.39, 0.29) is 0 Å². The number of nitrogens with two attached hydrogens (primary N) is 1. The highest BCUT2D eigenvalue weighted by molar-refractivity contribution is 5.93. The normalized spacial score (nSPS) is 11.0. The lowest BCUT2D eigenvalue weighted by Crippen LogP contribution is -1.95. The summed E-state index contributed by atoms with van der Waals surface area (Å²) >= 11 is 0. The Hall–Kier alpha value is -2.13. The zero-order chi connectivity index (χ0) is 12.5. The fourth-order valence-corrected chi connectivity index (χ4v) is 2.12. The molecule has 18 heavy (non-hydrogen) atoms. The van der Waals surface area contributed by atoms with Crippen LogP contribution in [0.2, 0.25) is 0 Å². The summed E-state index contributed by atoms with van der Waals surface area (Å²) in [6, 6.07) is 14.6. The number of hydrogen-bond acceptors (Lipinski definition) is 2. The zero-order valence-electron chi connectivity index (χ0n) is 10.3. The van der Waals surface area contributed by atoms with Crippen LogP contribution >= 0.6 is 0 Å². The summed E-state index contributed by atoms with van der Waals surface area (Å²) in [6.45, 7) is 2.63.